The summed E-state index contributed by atoms with van der Waals surface area (Å²) in [5.41, 5.74) is 1.70. The van der Waals surface area contributed by atoms with Crippen LogP contribution in [-0.4, -0.2) is 0 Å². The van der Waals surface area contributed by atoms with E-state index < -0.39 is 17.5 Å². The highest BCUT2D eigenvalue weighted by Gasteiger charge is 2.21. The molecule has 5 heteroatoms. The van der Waals surface area contributed by atoms with Crippen LogP contribution in [0.5, 0.6) is 0 Å². The molecule has 106 valence electrons. The predicted octanol–water partition coefficient (Wildman–Crippen LogP) is 4.33. The van der Waals surface area contributed by atoms with Crippen LogP contribution in [0.15, 0.2) is 23.6 Å². The van der Waals surface area contributed by atoms with E-state index in [9.17, 15) is 13.2 Å². The van der Waals surface area contributed by atoms with Crippen LogP contribution in [0, 0.1) is 17.5 Å². The third-order valence-electron chi connectivity index (χ3n) is 3.65. The summed E-state index contributed by atoms with van der Waals surface area (Å²) in [7, 11) is 0. The van der Waals surface area contributed by atoms with Gasteiger partial charge in [-0.05, 0) is 54.0 Å². The SMILES string of the molecule is Fc1cc(CNC2CCCc3sccc32)cc(F)c1F. The van der Waals surface area contributed by atoms with E-state index in [-0.39, 0.29) is 6.04 Å². The fraction of sp³-hybridized carbons (Fsp3) is 0.333. The molecule has 0 radical (unpaired) electrons. The lowest BCUT2D eigenvalue weighted by molar-refractivity contribution is 0.437. The number of rotatable bonds is 3. The van der Waals surface area contributed by atoms with Crippen LogP contribution >= 0.6 is 11.3 Å². The Morgan fingerprint density at radius 2 is 1.95 bits per heavy atom. The summed E-state index contributed by atoms with van der Waals surface area (Å²) in [6.07, 6.45) is 3.22. The zero-order chi connectivity index (χ0) is 14.1. The van der Waals surface area contributed by atoms with Crippen molar-refractivity contribution in [2.24, 2.45) is 0 Å². The Labute approximate surface area is 119 Å². The van der Waals surface area contributed by atoms with Crippen LogP contribution in [-0.2, 0) is 13.0 Å². The Morgan fingerprint density at radius 3 is 2.70 bits per heavy atom. The molecule has 1 unspecified atom stereocenters. The van der Waals surface area contributed by atoms with Crippen molar-refractivity contribution in [2.45, 2.75) is 31.8 Å². The standard InChI is InChI=1S/C15H14F3NS/c16-11-6-9(7-12(17)15(11)18)8-19-13-2-1-3-14-10(13)4-5-20-14/h4-7,13,19H,1-3,8H2. The van der Waals surface area contributed by atoms with E-state index in [1.54, 1.807) is 11.3 Å². The normalized spacial score (nSPS) is 18.1. The summed E-state index contributed by atoms with van der Waals surface area (Å²) in [4.78, 5) is 1.38. The van der Waals surface area contributed by atoms with Crippen molar-refractivity contribution < 1.29 is 13.2 Å². The van der Waals surface area contributed by atoms with E-state index in [0.717, 1.165) is 31.4 Å². The number of aryl methyl sites for hydroxylation is 1. The molecule has 1 atom stereocenters. The predicted molar refractivity (Wildman–Crippen MR) is 73.2 cm³/mol. The van der Waals surface area contributed by atoms with Gasteiger partial charge >= 0.3 is 0 Å². The summed E-state index contributed by atoms with van der Waals surface area (Å²) in [5, 5.41) is 5.38. The molecular formula is C15H14F3NS. The Kier molecular flexibility index (Phi) is 3.81. The van der Waals surface area contributed by atoms with Crippen molar-refractivity contribution in [2.75, 3.05) is 0 Å². The number of hydrogen-bond acceptors (Lipinski definition) is 2. The lowest BCUT2D eigenvalue weighted by Crippen LogP contribution is -2.24. The van der Waals surface area contributed by atoms with Gasteiger partial charge in [-0.3, -0.25) is 0 Å². The maximum atomic E-state index is 13.2. The molecule has 1 aromatic carbocycles. The fourth-order valence-electron chi connectivity index (χ4n) is 2.65. The van der Waals surface area contributed by atoms with E-state index in [2.05, 4.69) is 16.8 Å². The Balaban J connectivity index is 1.72. The second-order valence-corrected chi connectivity index (χ2v) is 6.00. The summed E-state index contributed by atoms with van der Waals surface area (Å²) < 4.78 is 39.2. The molecule has 0 aliphatic heterocycles. The minimum absolute atomic E-state index is 0.209. The van der Waals surface area contributed by atoms with Crippen LogP contribution in [0.25, 0.3) is 0 Å². The Morgan fingerprint density at radius 1 is 1.20 bits per heavy atom. The van der Waals surface area contributed by atoms with E-state index in [4.69, 9.17) is 0 Å². The number of benzene rings is 1. The highest BCUT2D eigenvalue weighted by molar-refractivity contribution is 7.10. The average Bonchev–Trinajstić information content (AvgIpc) is 2.91. The summed E-state index contributed by atoms with van der Waals surface area (Å²) in [6, 6.07) is 4.40. The van der Waals surface area contributed by atoms with Gasteiger partial charge in [0.2, 0.25) is 0 Å². The van der Waals surface area contributed by atoms with Crippen LogP contribution in [0.1, 0.15) is 34.9 Å². The number of halogens is 3. The molecular weight excluding hydrogens is 283 g/mol. The quantitative estimate of drug-likeness (QED) is 0.831. The van der Waals surface area contributed by atoms with Crippen LogP contribution in [0.4, 0.5) is 13.2 Å². The fourth-order valence-corrected chi connectivity index (χ4v) is 3.64. The van der Waals surface area contributed by atoms with Crippen LogP contribution < -0.4 is 5.32 Å². The smallest absolute Gasteiger partial charge is 0.194 e. The molecule has 0 saturated carbocycles. The molecule has 1 aliphatic carbocycles. The molecule has 1 aliphatic rings. The third kappa shape index (κ3) is 2.60. The van der Waals surface area contributed by atoms with E-state index >= 15 is 0 Å². The second-order valence-electron chi connectivity index (χ2n) is 5.00. The van der Waals surface area contributed by atoms with Gasteiger partial charge in [-0.2, -0.15) is 0 Å². The van der Waals surface area contributed by atoms with E-state index in [1.807, 2.05) is 0 Å². The van der Waals surface area contributed by atoms with E-state index in [0.29, 0.717) is 12.1 Å². The van der Waals surface area contributed by atoms with Crippen LogP contribution in [0.3, 0.4) is 0 Å². The molecule has 0 bridgehead atoms. The van der Waals surface area contributed by atoms with Crippen molar-refractivity contribution in [3.8, 4) is 0 Å². The summed E-state index contributed by atoms with van der Waals surface area (Å²) in [5.74, 6) is -3.69. The summed E-state index contributed by atoms with van der Waals surface area (Å²) >= 11 is 1.75. The lowest BCUT2D eigenvalue weighted by Gasteiger charge is -2.24. The largest absolute Gasteiger partial charge is 0.306 e. The zero-order valence-electron chi connectivity index (χ0n) is 10.8. The number of thiophene rings is 1. The van der Waals surface area contributed by atoms with Gasteiger partial charge in [-0.1, -0.05) is 0 Å². The molecule has 2 aromatic rings. The second kappa shape index (κ2) is 5.58. The minimum Gasteiger partial charge on any atom is -0.306 e. The first-order valence-corrected chi connectivity index (χ1v) is 7.46. The van der Waals surface area contributed by atoms with Crippen molar-refractivity contribution in [3.63, 3.8) is 0 Å². The van der Waals surface area contributed by atoms with Gasteiger partial charge in [-0.15, -0.1) is 11.3 Å². The van der Waals surface area contributed by atoms with Crippen molar-refractivity contribution in [1.82, 2.24) is 5.32 Å². The average molecular weight is 297 g/mol. The van der Waals surface area contributed by atoms with Crippen molar-refractivity contribution >= 4 is 11.3 Å². The molecule has 0 spiro atoms. The maximum Gasteiger partial charge on any atom is 0.194 e. The number of nitrogens with one attached hydrogen (secondary N) is 1. The summed E-state index contributed by atoms with van der Waals surface area (Å²) in [6.45, 7) is 0.327. The van der Waals surface area contributed by atoms with Gasteiger partial charge in [-0.25, -0.2) is 13.2 Å². The molecule has 3 rings (SSSR count). The van der Waals surface area contributed by atoms with Gasteiger partial charge in [0.05, 0.1) is 0 Å². The molecule has 0 amide bonds. The third-order valence-corrected chi connectivity index (χ3v) is 4.64. The minimum atomic E-state index is -1.41. The topological polar surface area (TPSA) is 12.0 Å². The van der Waals surface area contributed by atoms with Gasteiger partial charge in [0.25, 0.3) is 0 Å². The van der Waals surface area contributed by atoms with Gasteiger partial charge in [0.15, 0.2) is 17.5 Å². The van der Waals surface area contributed by atoms with E-state index in [1.165, 1.54) is 10.4 Å². The zero-order valence-corrected chi connectivity index (χ0v) is 11.6. The van der Waals surface area contributed by atoms with Crippen molar-refractivity contribution in [3.05, 3.63) is 57.0 Å². The molecule has 20 heavy (non-hydrogen) atoms. The first-order chi connectivity index (χ1) is 9.65. The lowest BCUT2D eigenvalue weighted by atomic mass is 9.94. The maximum absolute atomic E-state index is 13.2. The van der Waals surface area contributed by atoms with Gasteiger partial charge in [0.1, 0.15) is 0 Å². The highest BCUT2D eigenvalue weighted by atomic mass is 32.1. The molecule has 1 heterocycles. The van der Waals surface area contributed by atoms with Gasteiger partial charge < -0.3 is 5.32 Å². The molecule has 0 saturated heterocycles. The Hall–Kier alpha value is -1.33. The highest BCUT2D eigenvalue weighted by Crippen LogP contribution is 2.33. The Bertz CT molecular complexity index is 600. The molecule has 1 nitrogen and oxygen atoms in total. The molecule has 1 N–H and O–H groups in total. The molecule has 1 aromatic heterocycles. The van der Waals surface area contributed by atoms with Gasteiger partial charge in [0, 0.05) is 17.5 Å². The molecule has 0 fully saturated rings. The first-order valence-electron chi connectivity index (χ1n) is 6.58. The number of fused-ring (bicyclic) bond motifs is 1. The van der Waals surface area contributed by atoms with Crippen LogP contribution in [0.2, 0.25) is 0 Å². The monoisotopic (exact) mass is 297 g/mol. The first kappa shape index (κ1) is 13.6. The van der Waals surface area contributed by atoms with Crippen molar-refractivity contribution in [1.29, 1.82) is 0 Å². The number of hydrogen-bond donors (Lipinski definition) is 1.